The van der Waals surface area contributed by atoms with Crippen LogP contribution in [0.15, 0.2) is 48.5 Å². The fourth-order valence-electron chi connectivity index (χ4n) is 3.42. The van der Waals surface area contributed by atoms with Crippen molar-refractivity contribution >= 4 is 11.6 Å². The number of methoxy groups -OCH3 is 1. The van der Waals surface area contributed by atoms with Crippen LogP contribution < -0.4 is 9.64 Å². The third-order valence-electron chi connectivity index (χ3n) is 4.91. The molecule has 1 heterocycles. The highest BCUT2D eigenvalue weighted by atomic mass is 19.4. The van der Waals surface area contributed by atoms with Crippen LogP contribution in [-0.4, -0.2) is 30.3 Å². The third kappa shape index (κ3) is 3.96. The number of aliphatic hydroxyl groups is 1. The number of hydrogen-bond donors (Lipinski definition) is 1. The molecule has 1 aliphatic rings. The molecule has 3 atom stereocenters. The van der Waals surface area contributed by atoms with Crippen LogP contribution in [0.4, 0.5) is 23.2 Å². The van der Waals surface area contributed by atoms with Gasteiger partial charge in [-0.2, -0.15) is 13.2 Å². The van der Waals surface area contributed by atoms with Gasteiger partial charge in [-0.15, -0.1) is 0 Å². The molecular formula is C20H19F4NO3. The standard InChI is InChI=1S/C20H19F4NO3/c1-28-15-8-6-14(7-9-15)25-18(20(22,23)24)16(19(25)27)10-11-17(26)12-2-4-13(21)5-3-12/h2-9,16-18,26H,10-11H2,1H3/t16-,17+,18+/m1/s1. The van der Waals surface area contributed by atoms with E-state index in [1.807, 2.05) is 0 Å². The van der Waals surface area contributed by atoms with Crippen LogP contribution in [0.3, 0.4) is 0 Å². The molecule has 4 nitrogen and oxygen atoms in total. The molecule has 2 aromatic carbocycles. The van der Waals surface area contributed by atoms with Gasteiger partial charge < -0.3 is 9.84 Å². The number of β-lactam (4-membered cyclic amide) rings is 1. The number of aliphatic hydroxyl groups excluding tert-OH is 1. The second-order valence-corrected chi connectivity index (χ2v) is 6.64. The maximum atomic E-state index is 13.6. The molecule has 2 aromatic rings. The number of anilines is 1. The van der Waals surface area contributed by atoms with E-state index < -0.39 is 36.0 Å². The van der Waals surface area contributed by atoms with Gasteiger partial charge in [0.2, 0.25) is 5.91 Å². The topological polar surface area (TPSA) is 49.8 Å². The molecule has 8 heteroatoms. The summed E-state index contributed by atoms with van der Waals surface area (Å²) in [5.41, 5.74) is 0.534. The van der Waals surface area contributed by atoms with Crippen molar-refractivity contribution in [3.8, 4) is 5.75 Å². The van der Waals surface area contributed by atoms with Crippen molar-refractivity contribution in [3.63, 3.8) is 0 Å². The van der Waals surface area contributed by atoms with Crippen LogP contribution in [0, 0.1) is 11.7 Å². The quantitative estimate of drug-likeness (QED) is 0.586. The molecule has 0 saturated carbocycles. The third-order valence-corrected chi connectivity index (χ3v) is 4.91. The minimum absolute atomic E-state index is 0.0366. The summed E-state index contributed by atoms with van der Waals surface area (Å²) in [6, 6.07) is 8.89. The Bertz CT molecular complexity index is 821. The smallest absolute Gasteiger partial charge is 0.410 e. The second kappa shape index (κ2) is 7.79. The summed E-state index contributed by atoms with van der Waals surface area (Å²) in [5, 5.41) is 10.2. The lowest BCUT2D eigenvalue weighted by atomic mass is 9.81. The molecule has 0 aromatic heterocycles. The molecule has 0 radical (unpaired) electrons. The monoisotopic (exact) mass is 397 g/mol. The zero-order valence-electron chi connectivity index (χ0n) is 15.0. The lowest BCUT2D eigenvalue weighted by molar-refractivity contribution is -0.184. The van der Waals surface area contributed by atoms with Crippen molar-refractivity contribution < 1.29 is 32.2 Å². The summed E-state index contributed by atoms with van der Waals surface area (Å²) in [4.78, 5) is 13.2. The fourth-order valence-corrected chi connectivity index (χ4v) is 3.42. The van der Waals surface area contributed by atoms with E-state index in [0.717, 1.165) is 17.0 Å². The van der Waals surface area contributed by atoms with E-state index >= 15 is 0 Å². The molecule has 150 valence electrons. The number of amides is 1. The first-order valence-electron chi connectivity index (χ1n) is 8.69. The predicted octanol–water partition coefficient (Wildman–Crippen LogP) is 4.24. The van der Waals surface area contributed by atoms with Crippen molar-refractivity contribution in [2.45, 2.75) is 31.2 Å². The number of hydrogen-bond acceptors (Lipinski definition) is 3. The molecule has 1 saturated heterocycles. The van der Waals surface area contributed by atoms with Crippen LogP contribution in [0.2, 0.25) is 0 Å². The van der Waals surface area contributed by atoms with E-state index in [1.54, 1.807) is 0 Å². The first-order chi connectivity index (χ1) is 13.2. The van der Waals surface area contributed by atoms with Crippen LogP contribution in [-0.2, 0) is 4.79 Å². The molecule has 1 aliphatic heterocycles. The van der Waals surface area contributed by atoms with Gasteiger partial charge in [-0.1, -0.05) is 12.1 Å². The molecule has 1 fully saturated rings. The number of carbonyl (C=O) groups excluding carboxylic acids is 1. The Balaban J connectivity index is 1.72. The number of nitrogens with zero attached hydrogens (tertiary/aromatic N) is 1. The maximum absolute atomic E-state index is 13.6. The summed E-state index contributed by atoms with van der Waals surface area (Å²) in [6.45, 7) is 0. The Hall–Kier alpha value is -2.61. The summed E-state index contributed by atoms with van der Waals surface area (Å²) in [7, 11) is 1.44. The van der Waals surface area contributed by atoms with E-state index in [4.69, 9.17) is 4.74 Å². The SMILES string of the molecule is COc1ccc(N2C(=O)[C@H](CC[C@H](O)c3ccc(F)cc3)[C@H]2C(F)(F)F)cc1. The predicted molar refractivity (Wildman–Crippen MR) is 94.4 cm³/mol. The van der Waals surface area contributed by atoms with Gasteiger partial charge in [0.05, 0.1) is 19.1 Å². The largest absolute Gasteiger partial charge is 0.497 e. The zero-order valence-corrected chi connectivity index (χ0v) is 15.0. The van der Waals surface area contributed by atoms with E-state index in [0.29, 0.717) is 11.3 Å². The van der Waals surface area contributed by atoms with Gasteiger partial charge >= 0.3 is 6.18 Å². The van der Waals surface area contributed by atoms with Gasteiger partial charge in [-0.3, -0.25) is 9.69 Å². The zero-order chi connectivity index (χ0) is 20.5. The molecule has 0 aliphatic carbocycles. The van der Waals surface area contributed by atoms with Crippen molar-refractivity contribution in [3.05, 3.63) is 59.9 Å². The molecule has 0 bridgehead atoms. The summed E-state index contributed by atoms with van der Waals surface area (Å²) >= 11 is 0. The molecule has 3 rings (SSSR count). The maximum Gasteiger partial charge on any atom is 0.410 e. The highest BCUT2D eigenvalue weighted by Crippen LogP contribution is 2.44. The van der Waals surface area contributed by atoms with Crippen LogP contribution >= 0.6 is 0 Å². The van der Waals surface area contributed by atoms with E-state index in [1.165, 1.54) is 43.5 Å². The van der Waals surface area contributed by atoms with Gasteiger partial charge in [0.1, 0.15) is 17.6 Å². The lowest BCUT2D eigenvalue weighted by Crippen LogP contribution is -2.67. The molecule has 1 N–H and O–H groups in total. The van der Waals surface area contributed by atoms with Gasteiger partial charge in [-0.05, 0) is 54.8 Å². The van der Waals surface area contributed by atoms with Crippen molar-refractivity contribution in [2.24, 2.45) is 5.92 Å². The molecule has 28 heavy (non-hydrogen) atoms. The molecule has 0 unspecified atom stereocenters. The Morgan fingerprint density at radius 1 is 1.11 bits per heavy atom. The lowest BCUT2D eigenvalue weighted by Gasteiger charge is -2.48. The Morgan fingerprint density at radius 3 is 2.25 bits per heavy atom. The number of ether oxygens (including phenoxy) is 1. The van der Waals surface area contributed by atoms with Gasteiger partial charge in [0.25, 0.3) is 0 Å². The minimum Gasteiger partial charge on any atom is -0.497 e. The molecule has 1 amide bonds. The number of alkyl halides is 3. The average molecular weight is 397 g/mol. The number of halogens is 4. The van der Waals surface area contributed by atoms with Crippen molar-refractivity contribution in [2.75, 3.05) is 12.0 Å². The number of benzene rings is 2. The Kier molecular flexibility index (Phi) is 5.60. The normalized spacial score (nSPS) is 20.6. The van der Waals surface area contributed by atoms with Crippen LogP contribution in [0.5, 0.6) is 5.75 Å². The second-order valence-electron chi connectivity index (χ2n) is 6.64. The highest BCUT2D eigenvalue weighted by Gasteiger charge is 2.60. The Labute approximate surface area is 159 Å². The van der Waals surface area contributed by atoms with E-state index in [2.05, 4.69) is 0 Å². The Morgan fingerprint density at radius 2 is 1.71 bits per heavy atom. The molecular weight excluding hydrogens is 378 g/mol. The number of rotatable bonds is 6. The van der Waals surface area contributed by atoms with E-state index in [-0.39, 0.29) is 18.5 Å². The summed E-state index contributed by atoms with van der Waals surface area (Å²) < 4.78 is 58.7. The minimum atomic E-state index is -4.60. The first-order valence-corrected chi connectivity index (χ1v) is 8.69. The molecule has 0 spiro atoms. The first kappa shape index (κ1) is 20.1. The highest BCUT2D eigenvalue weighted by molar-refractivity contribution is 6.03. The van der Waals surface area contributed by atoms with Gasteiger partial charge in [0.15, 0.2) is 0 Å². The number of carbonyl (C=O) groups is 1. The van der Waals surface area contributed by atoms with Crippen LogP contribution in [0.1, 0.15) is 24.5 Å². The van der Waals surface area contributed by atoms with Crippen molar-refractivity contribution in [1.82, 2.24) is 0 Å². The van der Waals surface area contributed by atoms with Gasteiger partial charge in [0, 0.05) is 5.69 Å². The van der Waals surface area contributed by atoms with Crippen molar-refractivity contribution in [1.29, 1.82) is 0 Å². The average Bonchev–Trinajstić information content (AvgIpc) is 2.66. The van der Waals surface area contributed by atoms with E-state index in [9.17, 15) is 27.5 Å². The van der Waals surface area contributed by atoms with Gasteiger partial charge in [-0.25, -0.2) is 4.39 Å². The van der Waals surface area contributed by atoms with Crippen LogP contribution in [0.25, 0.3) is 0 Å². The summed E-state index contributed by atoms with van der Waals surface area (Å²) in [5.74, 6) is -1.91. The summed E-state index contributed by atoms with van der Waals surface area (Å²) in [6.07, 6.45) is -5.84. The fraction of sp³-hybridized carbons (Fsp3) is 0.350.